The molecule has 0 radical (unpaired) electrons. The fourth-order valence-electron chi connectivity index (χ4n) is 2.50. The highest BCUT2D eigenvalue weighted by Gasteiger charge is 2.16. The highest BCUT2D eigenvalue weighted by molar-refractivity contribution is 7.07. The van der Waals surface area contributed by atoms with Gasteiger partial charge in [-0.15, -0.1) is 11.3 Å². The van der Waals surface area contributed by atoms with E-state index in [1.54, 1.807) is 21.7 Å². The Morgan fingerprint density at radius 1 is 1.08 bits per heavy atom. The van der Waals surface area contributed by atoms with E-state index >= 15 is 0 Å². The van der Waals surface area contributed by atoms with Gasteiger partial charge in [0.15, 0.2) is 0 Å². The summed E-state index contributed by atoms with van der Waals surface area (Å²) in [5, 5.41) is 11.3. The van der Waals surface area contributed by atoms with Crippen molar-refractivity contribution in [3.63, 3.8) is 0 Å². The summed E-state index contributed by atoms with van der Waals surface area (Å²) in [6, 6.07) is 17.2. The Labute approximate surface area is 145 Å². The lowest BCUT2D eigenvalue weighted by atomic mass is 10.1. The zero-order chi connectivity index (χ0) is 16.8. The Hall–Kier alpha value is -2.50. The molecule has 0 aliphatic rings. The number of rotatable bonds is 6. The van der Waals surface area contributed by atoms with Gasteiger partial charge in [-0.2, -0.15) is 0 Å². The van der Waals surface area contributed by atoms with Gasteiger partial charge in [-0.25, -0.2) is 4.98 Å². The van der Waals surface area contributed by atoms with Crippen LogP contribution in [-0.2, 0) is 6.54 Å². The molecule has 4 nitrogen and oxygen atoms in total. The third-order valence-corrected chi connectivity index (χ3v) is 4.32. The van der Waals surface area contributed by atoms with Gasteiger partial charge in [0.1, 0.15) is 0 Å². The molecular weight excluding hydrogens is 320 g/mol. The van der Waals surface area contributed by atoms with Crippen LogP contribution in [-0.4, -0.2) is 34.0 Å². The van der Waals surface area contributed by atoms with E-state index in [1.165, 1.54) is 0 Å². The topological polar surface area (TPSA) is 53.4 Å². The summed E-state index contributed by atoms with van der Waals surface area (Å²) < 4.78 is 0. The molecule has 0 atom stereocenters. The molecule has 1 N–H and O–H groups in total. The third kappa shape index (κ3) is 3.88. The largest absolute Gasteiger partial charge is 0.395 e. The number of carbonyl (C=O) groups is 1. The van der Waals surface area contributed by atoms with Gasteiger partial charge in [0.2, 0.25) is 0 Å². The van der Waals surface area contributed by atoms with Gasteiger partial charge in [-0.3, -0.25) is 4.79 Å². The molecule has 0 aliphatic heterocycles. The molecule has 0 aliphatic carbocycles. The molecule has 122 valence electrons. The van der Waals surface area contributed by atoms with Crippen LogP contribution < -0.4 is 0 Å². The Morgan fingerprint density at radius 3 is 2.46 bits per heavy atom. The summed E-state index contributed by atoms with van der Waals surface area (Å²) in [5.41, 5.74) is 5.34. The van der Waals surface area contributed by atoms with Gasteiger partial charge in [0, 0.05) is 29.6 Å². The first-order valence-corrected chi connectivity index (χ1v) is 8.65. The molecule has 0 unspecified atom stereocenters. The van der Waals surface area contributed by atoms with Crippen molar-refractivity contribution in [3.8, 4) is 11.3 Å². The van der Waals surface area contributed by atoms with Crippen LogP contribution in [0.25, 0.3) is 11.3 Å². The third-order valence-electron chi connectivity index (χ3n) is 3.73. The number of carbonyl (C=O) groups excluding carboxylic acids is 1. The van der Waals surface area contributed by atoms with Gasteiger partial charge < -0.3 is 10.0 Å². The van der Waals surface area contributed by atoms with Crippen LogP contribution in [0.4, 0.5) is 0 Å². The molecule has 0 saturated heterocycles. The molecule has 2 aromatic carbocycles. The second kappa shape index (κ2) is 7.86. The molecule has 1 aromatic heterocycles. The SMILES string of the molecule is O=C(c1ccc(-c2cscn2)cc1)N(CCO)Cc1ccccc1. The highest BCUT2D eigenvalue weighted by atomic mass is 32.1. The van der Waals surface area contributed by atoms with Gasteiger partial charge >= 0.3 is 0 Å². The Morgan fingerprint density at radius 2 is 1.83 bits per heavy atom. The van der Waals surface area contributed by atoms with Gasteiger partial charge in [-0.05, 0) is 17.7 Å². The number of thiazole rings is 1. The van der Waals surface area contributed by atoms with Crippen LogP contribution in [0.1, 0.15) is 15.9 Å². The molecule has 1 amide bonds. The number of hydrogen-bond donors (Lipinski definition) is 1. The van der Waals surface area contributed by atoms with E-state index in [2.05, 4.69) is 4.98 Å². The monoisotopic (exact) mass is 338 g/mol. The fraction of sp³-hybridized carbons (Fsp3) is 0.158. The van der Waals surface area contributed by atoms with E-state index in [1.807, 2.05) is 60.0 Å². The molecule has 0 saturated carbocycles. The number of aliphatic hydroxyl groups excluding tert-OH is 1. The van der Waals surface area contributed by atoms with Crippen LogP contribution in [0, 0.1) is 0 Å². The molecule has 1 heterocycles. The van der Waals surface area contributed by atoms with Crippen molar-refractivity contribution in [2.45, 2.75) is 6.54 Å². The highest BCUT2D eigenvalue weighted by Crippen LogP contribution is 2.20. The van der Waals surface area contributed by atoms with E-state index in [9.17, 15) is 9.90 Å². The first kappa shape index (κ1) is 16.4. The van der Waals surface area contributed by atoms with E-state index in [4.69, 9.17) is 0 Å². The lowest BCUT2D eigenvalue weighted by molar-refractivity contribution is 0.0708. The maximum atomic E-state index is 12.7. The van der Waals surface area contributed by atoms with Crippen LogP contribution in [0.3, 0.4) is 0 Å². The molecule has 3 aromatic rings. The van der Waals surface area contributed by atoms with Crippen LogP contribution >= 0.6 is 11.3 Å². The van der Waals surface area contributed by atoms with Crippen molar-refractivity contribution in [3.05, 3.63) is 76.6 Å². The summed E-state index contributed by atoms with van der Waals surface area (Å²) in [4.78, 5) is 18.7. The number of nitrogens with zero attached hydrogens (tertiary/aromatic N) is 2. The maximum absolute atomic E-state index is 12.7. The maximum Gasteiger partial charge on any atom is 0.254 e. The van der Waals surface area contributed by atoms with E-state index in [0.717, 1.165) is 16.8 Å². The minimum atomic E-state index is -0.0854. The summed E-state index contributed by atoms with van der Waals surface area (Å²) in [5.74, 6) is -0.0854. The van der Waals surface area contributed by atoms with E-state index in [0.29, 0.717) is 18.7 Å². The Bertz CT molecular complexity index is 771. The second-order valence-electron chi connectivity index (χ2n) is 5.39. The van der Waals surface area contributed by atoms with Crippen molar-refractivity contribution in [1.29, 1.82) is 0 Å². The summed E-state index contributed by atoms with van der Waals surface area (Å²) in [6.45, 7) is 0.727. The van der Waals surface area contributed by atoms with Crippen molar-refractivity contribution in [1.82, 2.24) is 9.88 Å². The van der Waals surface area contributed by atoms with Crippen LogP contribution in [0.15, 0.2) is 65.5 Å². The van der Waals surface area contributed by atoms with Crippen molar-refractivity contribution >= 4 is 17.2 Å². The summed E-state index contributed by atoms with van der Waals surface area (Å²) in [7, 11) is 0. The zero-order valence-electron chi connectivity index (χ0n) is 13.1. The quantitative estimate of drug-likeness (QED) is 0.749. The normalized spacial score (nSPS) is 10.5. The summed E-state index contributed by atoms with van der Waals surface area (Å²) >= 11 is 1.54. The van der Waals surface area contributed by atoms with E-state index < -0.39 is 0 Å². The van der Waals surface area contributed by atoms with Gasteiger partial charge in [0.05, 0.1) is 17.8 Å². The molecule has 24 heavy (non-hydrogen) atoms. The molecule has 0 spiro atoms. The van der Waals surface area contributed by atoms with Crippen molar-refractivity contribution in [2.75, 3.05) is 13.2 Å². The average Bonchev–Trinajstić information content (AvgIpc) is 3.16. The number of aliphatic hydroxyl groups is 1. The Balaban J connectivity index is 1.77. The number of hydrogen-bond acceptors (Lipinski definition) is 4. The Kier molecular flexibility index (Phi) is 5.36. The van der Waals surface area contributed by atoms with Crippen molar-refractivity contribution in [2.24, 2.45) is 0 Å². The predicted molar refractivity (Wildman–Crippen MR) is 95.8 cm³/mol. The zero-order valence-corrected chi connectivity index (χ0v) is 13.9. The van der Waals surface area contributed by atoms with E-state index in [-0.39, 0.29) is 12.5 Å². The minimum absolute atomic E-state index is 0.0600. The molecule has 5 heteroatoms. The lowest BCUT2D eigenvalue weighted by Crippen LogP contribution is -2.33. The predicted octanol–water partition coefficient (Wildman–Crippen LogP) is 3.44. The van der Waals surface area contributed by atoms with Crippen molar-refractivity contribution < 1.29 is 9.90 Å². The molecule has 3 rings (SSSR count). The average molecular weight is 338 g/mol. The number of amides is 1. The standard InChI is InChI=1S/C19H18N2O2S/c22-11-10-21(12-15-4-2-1-3-5-15)19(23)17-8-6-16(7-9-17)18-13-24-14-20-18/h1-9,13-14,22H,10-12H2. The van der Waals surface area contributed by atoms with Gasteiger partial charge in [0.25, 0.3) is 5.91 Å². The number of aromatic nitrogens is 1. The second-order valence-corrected chi connectivity index (χ2v) is 6.11. The smallest absolute Gasteiger partial charge is 0.254 e. The molecular formula is C19H18N2O2S. The fourth-order valence-corrected chi connectivity index (χ4v) is 3.06. The minimum Gasteiger partial charge on any atom is -0.395 e. The number of benzene rings is 2. The first-order valence-electron chi connectivity index (χ1n) is 7.70. The first-order chi connectivity index (χ1) is 11.8. The molecule has 0 fully saturated rings. The van der Waals surface area contributed by atoms with Crippen LogP contribution in [0.2, 0.25) is 0 Å². The lowest BCUT2D eigenvalue weighted by Gasteiger charge is -2.22. The van der Waals surface area contributed by atoms with Crippen LogP contribution in [0.5, 0.6) is 0 Å². The summed E-state index contributed by atoms with van der Waals surface area (Å²) in [6.07, 6.45) is 0. The molecule has 0 bridgehead atoms. The van der Waals surface area contributed by atoms with Gasteiger partial charge in [-0.1, -0.05) is 42.5 Å².